The molecule has 1 aromatic carbocycles. The Morgan fingerprint density at radius 3 is 2.71 bits per heavy atom. The van der Waals surface area contributed by atoms with Crippen LogP contribution in [-0.2, 0) is 4.74 Å². The number of nitrogens with zero attached hydrogens (tertiary/aromatic N) is 1. The quantitative estimate of drug-likeness (QED) is 0.620. The Balaban J connectivity index is 2.24. The summed E-state index contributed by atoms with van der Waals surface area (Å²) in [7, 11) is 2.04. The maximum atomic E-state index is 10.7. The summed E-state index contributed by atoms with van der Waals surface area (Å²) in [5.74, 6) is 0. The van der Waals surface area contributed by atoms with E-state index < -0.39 is 6.09 Å². The summed E-state index contributed by atoms with van der Waals surface area (Å²) in [6.07, 6.45) is 2.53. The van der Waals surface area contributed by atoms with Gasteiger partial charge in [-0.3, -0.25) is 0 Å². The van der Waals surface area contributed by atoms with Gasteiger partial charge in [0.15, 0.2) is 5.58 Å². The number of nitrogen functional groups attached to an aromatic ring is 1. The molecule has 0 radical (unpaired) electrons. The third-order valence-corrected chi connectivity index (χ3v) is 4.27. The lowest BCUT2D eigenvalue weighted by Crippen LogP contribution is -2.42. The summed E-state index contributed by atoms with van der Waals surface area (Å²) >= 11 is 0. The van der Waals surface area contributed by atoms with Gasteiger partial charge in [0.1, 0.15) is 0 Å². The maximum absolute atomic E-state index is 10.7. The molecule has 0 fully saturated rings. The molecule has 4 N–H and O–H groups in total. The topological polar surface area (TPSA) is 94.7 Å². The fourth-order valence-corrected chi connectivity index (χ4v) is 3.17. The van der Waals surface area contributed by atoms with Gasteiger partial charge >= 0.3 is 6.09 Å². The Morgan fingerprint density at radius 2 is 2.08 bits per heavy atom. The summed E-state index contributed by atoms with van der Waals surface area (Å²) < 4.78 is 10.5. The molecule has 2 aromatic rings. The molecule has 2 rings (SSSR count). The first-order valence-corrected chi connectivity index (χ1v) is 8.12. The lowest BCUT2D eigenvalue weighted by molar-refractivity contribution is 0.151. The van der Waals surface area contributed by atoms with Crippen LogP contribution in [0, 0.1) is 5.41 Å². The SMILES string of the molecule is CN(c1cc(N)cc2ccoc12)C(CCCOC(N)=O)C(C)(C)C. The first-order chi connectivity index (χ1) is 11.2. The van der Waals surface area contributed by atoms with E-state index in [0.29, 0.717) is 12.3 Å². The molecule has 0 aliphatic rings. The number of nitrogens with two attached hydrogens (primary N) is 2. The Morgan fingerprint density at radius 1 is 1.38 bits per heavy atom. The van der Waals surface area contributed by atoms with E-state index in [1.807, 2.05) is 25.2 Å². The summed E-state index contributed by atoms with van der Waals surface area (Å²) in [4.78, 5) is 12.9. The molecule has 1 amide bonds. The van der Waals surface area contributed by atoms with Crippen LogP contribution < -0.4 is 16.4 Å². The molecule has 1 aromatic heterocycles. The summed E-state index contributed by atoms with van der Waals surface area (Å²) in [5.41, 5.74) is 13.6. The molecule has 0 aliphatic carbocycles. The van der Waals surface area contributed by atoms with Gasteiger partial charge in [-0.15, -0.1) is 0 Å². The van der Waals surface area contributed by atoms with Gasteiger partial charge in [-0.05, 0) is 36.5 Å². The van der Waals surface area contributed by atoms with Gasteiger partial charge in [0.25, 0.3) is 0 Å². The number of amides is 1. The molecule has 0 bridgehead atoms. The minimum atomic E-state index is -0.733. The first kappa shape index (κ1) is 18.0. The van der Waals surface area contributed by atoms with Crippen molar-refractivity contribution >= 4 is 28.4 Å². The highest BCUT2D eigenvalue weighted by Crippen LogP contribution is 2.36. The molecule has 6 nitrogen and oxygen atoms in total. The monoisotopic (exact) mass is 333 g/mol. The lowest BCUT2D eigenvalue weighted by atomic mass is 9.83. The minimum Gasteiger partial charge on any atom is -0.462 e. The molecule has 0 saturated carbocycles. The smallest absolute Gasteiger partial charge is 0.404 e. The number of carbonyl (C=O) groups is 1. The Bertz CT molecular complexity index is 703. The third kappa shape index (κ3) is 4.13. The van der Waals surface area contributed by atoms with Gasteiger partial charge in [0, 0.05) is 24.2 Å². The van der Waals surface area contributed by atoms with Crippen LogP contribution in [0.25, 0.3) is 11.0 Å². The first-order valence-electron chi connectivity index (χ1n) is 8.12. The number of ether oxygens (including phenoxy) is 1. The van der Waals surface area contributed by atoms with E-state index in [9.17, 15) is 4.79 Å². The largest absolute Gasteiger partial charge is 0.462 e. The maximum Gasteiger partial charge on any atom is 0.404 e. The highest BCUT2D eigenvalue weighted by molar-refractivity contribution is 5.92. The molecule has 1 heterocycles. The molecule has 6 heteroatoms. The fraction of sp³-hybridized carbons (Fsp3) is 0.500. The van der Waals surface area contributed by atoms with Gasteiger partial charge < -0.3 is 25.5 Å². The lowest BCUT2D eigenvalue weighted by Gasteiger charge is -2.39. The summed E-state index contributed by atoms with van der Waals surface area (Å²) in [6.45, 7) is 6.89. The molecular weight excluding hydrogens is 306 g/mol. The van der Waals surface area contributed by atoms with Crippen LogP contribution in [0.2, 0.25) is 0 Å². The van der Waals surface area contributed by atoms with E-state index in [1.54, 1.807) is 6.26 Å². The van der Waals surface area contributed by atoms with E-state index in [4.69, 9.17) is 20.6 Å². The van der Waals surface area contributed by atoms with Gasteiger partial charge in [-0.1, -0.05) is 20.8 Å². The second-order valence-electron chi connectivity index (χ2n) is 7.18. The van der Waals surface area contributed by atoms with E-state index >= 15 is 0 Å². The number of carbonyl (C=O) groups excluding carboxylic acids is 1. The highest BCUT2D eigenvalue weighted by Gasteiger charge is 2.29. The van der Waals surface area contributed by atoms with Crippen molar-refractivity contribution in [2.45, 2.75) is 39.7 Å². The van der Waals surface area contributed by atoms with Crippen LogP contribution in [0.1, 0.15) is 33.6 Å². The van der Waals surface area contributed by atoms with E-state index in [0.717, 1.165) is 29.5 Å². The zero-order valence-corrected chi connectivity index (χ0v) is 14.8. The van der Waals surface area contributed by atoms with Crippen molar-refractivity contribution < 1.29 is 13.9 Å². The molecule has 132 valence electrons. The van der Waals surface area contributed by atoms with E-state index in [2.05, 4.69) is 25.7 Å². The van der Waals surface area contributed by atoms with Crippen molar-refractivity contribution in [3.8, 4) is 0 Å². The molecule has 1 unspecified atom stereocenters. The zero-order valence-electron chi connectivity index (χ0n) is 14.8. The molecule has 1 atom stereocenters. The van der Waals surface area contributed by atoms with Crippen molar-refractivity contribution in [2.24, 2.45) is 11.1 Å². The Kier molecular flexibility index (Phi) is 5.26. The molecule has 0 aliphatic heterocycles. The summed E-state index contributed by atoms with van der Waals surface area (Å²) in [5, 5.41) is 0.988. The number of primary amides is 1. The predicted molar refractivity (Wildman–Crippen MR) is 97.0 cm³/mol. The minimum absolute atomic E-state index is 0.0188. The molecule has 0 saturated heterocycles. The van der Waals surface area contributed by atoms with Crippen LogP contribution in [0.4, 0.5) is 16.2 Å². The molecule has 24 heavy (non-hydrogen) atoms. The molecule has 0 spiro atoms. The van der Waals surface area contributed by atoms with Crippen LogP contribution in [0.3, 0.4) is 0 Å². The normalized spacial score (nSPS) is 13.0. The average molecular weight is 333 g/mol. The second-order valence-corrected chi connectivity index (χ2v) is 7.18. The Hall–Kier alpha value is -2.37. The predicted octanol–water partition coefficient (Wildman–Crippen LogP) is 3.74. The zero-order chi connectivity index (χ0) is 17.9. The number of furan rings is 1. The van der Waals surface area contributed by atoms with E-state index in [-0.39, 0.29) is 11.5 Å². The number of benzene rings is 1. The molecular formula is C18H27N3O3. The average Bonchev–Trinajstić information content (AvgIpc) is 2.92. The number of anilines is 2. The number of hydrogen-bond acceptors (Lipinski definition) is 5. The van der Waals surface area contributed by atoms with Gasteiger partial charge in [-0.2, -0.15) is 0 Å². The van der Waals surface area contributed by atoms with Crippen molar-refractivity contribution in [1.82, 2.24) is 0 Å². The van der Waals surface area contributed by atoms with Crippen molar-refractivity contribution in [1.29, 1.82) is 0 Å². The summed E-state index contributed by atoms with van der Waals surface area (Å²) in [6, 6.07) is 5.97. The van der Waals surface area contributed by atoms with Crippen LogP contribution in [0.15, 0.2) is 28.9 Å². The van der Waals surface area contributed by atoms with Gasteiger partial charge in [-0.25, -0.2) is 4.79 Å². The van der Waals surface area contributed by atoms with Crippen molar-refractivity contribution in [3.63, 3.8) is 0 Å². The Labute approximate surface area is 142 Å². The highest BCUT2D eigenvalue weighted by atomic mass is 16.5. The van der Waals surface area contributed by atoms with Crippen LogP contribution >= 0.6 is 0 Å². The van der Waals surface area contributed by atoms with Crippen LogP contribution in [-0.4, -0.2) is 25.8 Å². The van der Waals surface area contributed by atoms with E-state index in [1.165, 1.54) is 0 Å². The second kappa shape index (κ2) is 7.03. The fourth-order valence-electron chi connectivity index (χ4n) is 3.17. The number of fused-ring (bicyclic) bond motifs is 1. The van der Waals surface area contributed by atoms with Gasteiger partial charge in [0.05, 0.1) is 18.6 Å². The van der Waals surface area contributed by atoms with Gasteiger partial charge in [0.2, 0.25) is 0 Å². The standard InChI is InChI=1S/C18H27N3O3/c1-18(2,3)15(6-5-8-24-17(20)22)21(4)14-11-13(19)10-12-7-9-23-16(12)14/h7,9-11,15H,5-6,8,19H2,1-4H3,(H2,20,22). The van der Waals surface area contributed by atoms with Crippen molar-refractivity contribution in [3.05, 3.63) is 24.5 Å². The number of rotatable bonds is 6. The van der Waals surface area contributed by atoms with Crippen molar-refractivity contribution in [2.75, 3.05) is 24.3 Å². The third-order valence-electron chi connectivity index (χ3n) is 4.27. The van der Waals surface area contributed by atoms with Crippen LogP contribution in [0.5, 0.6) is 0 Å². The number of hydrogen-bond donors (Lipinski definition) is 2.